The number of carbonyl (C=O) groups is 1. The molecule has 6 heteroatoms. The standard InChI is InChI=1S/C19H23ClN2O2S/c1-13(19(23)21-12-16-7-4-10-25-16)22-14-8-9-18(17(20)11-14)24-15-5-2-3-6-15/h4,7-11,13,15,22H,2-3,5-6,12H2,1H3,(H,21,23). The first-order chi connectivity index (χ1) is 12.1. The molecule has 25 heavy (non-hydrogen) atoms. The fourth-order valence-corrected chi connectivity index (χ4v) is 3.80. The second-order valence-corrected chi connectivity index (χ2v) is 7.77. The van der Waals surface area contributed by atoms with Gasteiger partial charge in [-0.15, -0.1) is 11.3 Å². The predicted octanol–water partition coefficient (Wildman–Crippen LogP) is 4.84. The van der Waals surface area contributed by atoms with Crippen LogP contribution >= 0.6 is 22.9 Å². The zero-order valence-electron chi connectivity index (χ0n) is 14.3. The van der Waals surface area contributed by atoms with Crippen LogP contribution in [-0.2, 0) is 11.3 Å². The summed E-state index contributed by atoms with van der Waals surface area (Å²) in [5.41, 5.74) is 0.808. The van der Waals surface area contributed by atoms with E-state index in [4.69, 9.17) is 16.3 Å². The lowest BCUT2D eigenvalue weighted by molar-refractivity contribution is -0.121. The molecule has 1 aliphatic carbocycles. The first-order valence-electron chi connectivity index (χ1n) is 8.64. The number of carbonyl (C=O) groups excluding carboxylic acids is 1. The number of halogens is 1. The molecule has 134 valence electrons. The monoisotopic (exact) mass is 378 g/mol. The van der Waals surface area contributed by atoms with E-state index in [1.54, 1.807) is 11.3 Å². The smallest absolute Gasteiger partial charge is 0.242 e. The highest BCUT2D eigenvalue weighted by molar-refractivity contribution is 7.09. The summed E-state index contributed by atoms with van der Waals surface area (Å²) >= 11 is 7.97. The van der Waals surface area contributed by atoms with E-state index in [1.165, 1.54) is 12.8 Å². The number of anilines is 1. The first-order valence-corrected chi connectivity index (χ1v) is 9.90. The van der Waals surface area contributed by atoms with Crippen molar-refractivity contribution in [2.45, 2.75) is 51.3 Å². The van der Waals surface area contributed by atoms with Crippen molar-refractivity contribution in [2.75, 3.05) is 5.32 Å². The van der Waals surface area contributed by atoms with Gasteiger partial charge in [0.1, 0.15) is 11.8 Å². The second kappa shape index (κ2) is 8.59. The van der Waals surface area contributed by atoms with Crippen molar-refractivity contribution in [3.8, 4) is 5.75 Å². The van der Waals surface area contributed by atoms with Gasteiger partial charge in [0, 0.05) is 10.6 Å². The maximum Gasteiger partial charge on any atom is 0.242 e. The van der Waals surface area contributed by atoms with E-state index in [9.17, 15) is 4.79 Å². The Morgan fingerprint density at radius 1 is 1.36 bits per heavy atom. The lowest BCUT2D eigenvalue weighted by atomic mass is 10.2. The summed E-state index contributed by atoms with van der Waals surface area (Å²) in [6, 6.07) is 9.22. The molecule has 1 heterocycles. The summed E-state index contributed by atoms with van der Waals surface area (Å²) in [6.45, 7) is 2.39. The molecule has 2 aromatic rings. The highest BCUT2D eigenvalue weighted by Gasteiger charge is 2.18. The minimum atomic E-state index is -0.349. The lowest BCUT2D eigenvalue weighted by Gasteiger charge is -2.18. The third-order valence-electron chi connectivity index (χ3n) is 4.32. The van der Waals surface area contributed by atoms with Gasteiger partial charge < -0.3 is 15.4 Å². The van der Waals surface area contributed by atoms with Crippen molar-refractivity contribution >= 4 is 34.5 Å². The van der Waals surface area contributed by atoms with Crippen LogP contribution in [0.25, 0.3) is 0 Å². The quantitative estimate of drug-likeness (QED) is 0.724. The normalized spacial score (nSPS) is 15.8. The Kier molecular flexibility index (Phi) is 6.21. The molecule has 1 atom stereocenters. The van der Waals surface area contributed by atoms with Crippen LogP contribution in [0.5, 0.6) is 5.75 Å². The minimum absolute atomic E-state index is 0.0456. The molecule has 2 N–H and O–H groups in total. The van der Waals surface area contributed by atoms with Crippen LogP contribution in [0.15, 0.2) is 35.7 Å². The van der Waals surface area contributed by atoms with Crippen LogP contribution in [0, 0.1) is 0 Å². The van der Waals surface area contributed by atoms with E-state index in [0.717, 1.165) is 23.4 Å². The molecule has 1 aromatic heterocycles. The van der Waals surface area contributed by atoms with E-state index in [1.807, 2.05) is 42.6 Å². The number of nitrogens with one attached hydrogen (secondary N) is 2. The molecule has 0 radical (unpaired) electrons. The van der Waals surface area contributed by atoms with Gasteiger partial charge in [0.05, 0.1) is 17.7 Å². The van der Waals surface area contributed by atoms with E-state index < -0.39 is 0 Å². The molecule has 0 spiro atoms. The van der Waals surface area contributed by atoms with Gasteiger partial charge >= 0.3 is 0 Å². The molecule has 3 rings (SSSR count). The predicted molar refractivity (Wildman–Crippen MR) is 104 cm³/mol. The summed E-state index contributed by atoms with van der Waals surface area (Å²) in [6.07, 6.45) is 4.91. The van der Waals surface area contributed by atoms with Crippen molar-refractivity contribution < 1.29 is 9.53 Å². The van der Waals surface area contributed by atoms with Crippen LogP contribution in [0.1, 0.15) is 37.5 Å². The van der Waals surface area contributed by atoms with Crippen molar-refractivity contribution in [1.82, 2.24) is 5.32 Å². The van der Waals surface area contributed by atoms with Crippen LogP contribution in [0.3, 0.4) is 0 Å². The number of amides is 1. The number of hydrogen-bond acceptors (Lipinski definition) is 4. The van der Waals surface area contributed by atoms with Gasteiger partial charge in [-0.1, -0.05) is 17.7 Å². The molecular formula is C19H23ClN2O2S. The van der Waals surface area contributed by atoms with Gasteiger partial charge in [0.2, 0.25) is 5.91 Å². The third-order valence-corrected chi connectivity index (χ3v) is 5.49. The van der Waals surface area contributed by atoms with E-state index >= 15 is 0 Å². The molecule has 1 unspecified atom stereocenters. The largest absolute Gasteiger partial charge is 0.489 e. The molecule has 0 saturated heterocycles. The summed E-state index contributed by atoms with van der Waals surface area (Å²) in [4.78, 5) is 13.3. The van der Waals surface area contributed by atoms with Crippen molar-refractivity contribution in [1.29, 1.82) is 0 Å². The Bertz CT molecular complexity index is 699. The fraction of sp³-hybridized carbons (Fsp3) is 0.421. The molecule has 1 saturated carbocycles. The minimum Gasteiger partial charge on any atom is -0.489 e. The van der Waals surface area contributed by atoms with Gasteiger partial charge in [0.25, 0.3) is 0 Å². The highest BCUT2D eigenvalue weighted by atomic mass is 35.5. The Morgan fingerprint density at radius 3 is 2.84 bits per heavy atom. The first kappa shape index (κ1) is 18.1. The van der Waals surface area contributed by atoms with Gasteiger partial charge in [-0.05, 0) is 62.3 Å². The maximum absolute atomic E-state index is 12.2. The van der Waals surface area contributed by atoms with Crippen LogP contribution < -0.4 is 15.4 Å². The SMILES string of the molecule is CC(Nc1ccc(OC2CCCC2)c(Cl)c1)C(=O)NCc1cccs1. The number of hydrogen-bond donors (Lipinski definition) is 2. The average Bonchev–Trinajstić information content (AvgIpc) is 3.28. The topological polar surface area (TPSA) is 50.4 Å². The Morgan fingerprint density at radius 2 is 2.16 bits per heavy atom. The number of rotatable bonds is 7. The molecule has 4 nitrogen and oxygen atoms in total. The number of thiophene rings is 1. The van der Waals surface area contributed by atoms with Crippen molar-refractivity contribution in [2.24, 2.45) is 0 Å². The summed E-state index contributed by atoms with van der Waals surface area (Å²) in [5, 5.41) is 8.69. The van der Waals surface area contributed by atoms with Crippen LogP contribution in [0.2, 0.25) is 5.02 Å². The molecular weight excluding hydrogens is 356 g/mol. The summed E-state index contributed by atoms with van der Waals surface area (Å²) < 4.78 is 5.96. The number of benzene rings is 1. The Balaban J connectivity index is 1.52. The maximum atomic E-state index is 12.2. The van der Waals surface area contributed by atoms with Gasteiger partial charge in [-0.3, -0.25) is 4.79 Å². The summed E-state index contributed by atoms with van der Waals surface area (Å²) in [7, 11) is 0. The van der Waals surface area contributed by atoms with Gasteiger partial charge in [0.15, 0.2) is 0 Å². The van der Waals surface area contributed by atoms with E-state index in [2.05, 4.69) is 10.6 Å². The zero-order chi connectivity index (χ0) is 17.6. The second-order valence-electron chi connectivity index (χ2n) is 6.33. The van der Waals surface area contributed by atoms with E-state index in [-0.39, 0.29) is 18.1 Å². The molecule has 0 bridgehead atoms. The van der Waals surface area contributed by atoms with Gasteiger partial charge in [-0.2, -0.15) is 0 Å². The molecule has 1 fully saturated rings. The zero-order valence-corrected chi connectivity index (χ0v) is 15.8. The molecule has 1 aromatic carbocycles. The van der Waals surface area contributed by atoms with Crippen molar-refractivity contribution in [3.63, 3.8) is 0 Å². The molecule has 1 aliphatic rings. The Labute approximate surface area is 157 Å². The van der Waals surface area contributed by atoms with E-state index in [0.29, 0.717) is 17.3 Å². The lowest BCUT2D eigenvalue weighted by Crippen LogP contribution is -2.37. The average molecular weight is 379 g/mol. The number of ether oxygens (including phenoxy) is 1. The summed E-state index contributed by atoms with van der Waals surface area (Å²) in [5.74, 6) is 0.671. The van der Waals surface area contributed by atoms with Crippen molar-refractivity contribution in [3.05, 3.63) is 45.6 Å². The molecule has 1 amide bonds. The molecule has 0 aliphatic heterocycles. The van der Waals surface area contributed by atoms with Gasteiger partial charge in [-0.25, -0.2) is 0 Å². The van der Waals surface area contributed by atoms with Crippen LogP contribution in [-0.4, -0.2) is 18.1 Å². The van der Waals surface area contributed by atoms with Crippen LogP contribution in [0.4, 0.5) is 5.69 Å². The third kappa shape index (κ3) is 5.13. The fourth-order valence-electron chi connectivity index (χ4n) is 2.93. The Hall–Kier alpha value is -1.72. The highest BCUT2D eigenvalue weighted by Crippen LogP contribution is 2.31.